The van der Waals surface area contributed by atoms with Gasteiger partial charge in [0.1, 0.15) is 53.5 Å². The molecule has 2 aromatic rings. The predicted octanol–water partition coefficient (Wildman–Crippen LogP) is -0.976. The summed E-state index contributed by atoms with van der Waals surface area (Å²) in [6.45, 7) is 1.91. The van der Waals surface area contributed by atoms with Crippen LogP contribution < -0.4 is 11.5 Å². The molecule has 0 bridgehead atoms. The number of nitrogens with two attached hydrogens (primary N) is 2. The van der Waals surface area contributed by atoms with E-state index in [9.17, 15) is 15.0 Å². The number of aliphatic carboxylic acids is 1. The second-order valence-electron chi connectivity index (χ2n) is 7.08. The Morgan fingerprint density at radius 2 is 2.13 bits per heavy atom. The minimum absolute atomic E-state index is 0.214. The number of nitrogen functional groups attached to an aromatic ring is 1. The van der Waals surface area contributed by atoms with Crippen molar-refractivity contribution < 1.29 is 24.9 Å². The first-order valence-electron chi connectivity index (χ1n) is 9.51. The monoisotopic (exact) mass is 439 g/mol. The van der Waals surface area contributed by atoms with Gasteiger partial charge < -0.3 is 31.5 Å². The average Bonchev–Trinajstić information content (AvgIpc) is 3.26. The van der Waals surface area contributed by atoms with E-state index in [-0.39, 0.29) is 16.7 Å². The highest BCUT2D eigenvalue weighted by Gasteiger charge is 2.47. The number of aliphatic hydroxyl groups is 2. The van der Waals surface area contributed by atoms with E-state index in [4.69, 9.17) is 21.3 Å². The second kappa shape index (κ2) is 9.71. The van der Waals surface area contributed by atoms with E-state index in [1.54, 1.807) is 0 Å². The smallest absolute Gasteiger partial charge is 0.320 e. The van der Waals surface area contributed by atoms with Crippen LogP contribution >= 0.6 is 0 Å². The Morgan fingerprint density at radius 1 is 1.37 bits per heavy atom. The third-order valence-electron chi connectivity index (χ3n) is 5.00. The van der Waals surface area contributed by atoms with Crippen LogP contribution in [0.15, 0.2) is 24.8 Å². The zero-order chi connectivity index (χ0) is 21.8. The molecule has 0 spiro atoms. The SMILES string of the molecule is CC=CC[S@@+](CC[C@H](N)C(=O)O)C[C@H]1O[C@@H](n2cnc3c(N)ncnc32)[C@@H](O)C1O. The number of anilines is 1. The number of fused-ring (bicyclic) bond motifs is 1. The summed E-state index contributed by atoms with van der Waals surface area (Å²) in [5.74, 6) is 0.947. The standard InChI is InChI=1S/C18H26N6O5S/c1-2-3-5-30(6-4-10(19)18(27)28)7-11-13(25)14(26)17(29-11)24-9-23-12-15(20)21-8-22-16(12)24/h2-3,8-11,13-14,17,25-26H,4-7,19H2,1H3,(H2-,20,21,22,27,28)/p+1/t10-,11+,13?,14-,17+,30-/m0/s1. The molecule has 0 aromatic carbocycles. The van der Waals surface area contributed by atoms with Gasteiger partial charge >= 0.3 is 5.97 Å². The Bertz CT molecular complexity index is 908. The highest BCUT2D eigenvalue weighted by Crippen LogP contribution is 2.33. The molecule has 3 heterocycles. The maximum Gasteiger partial charge on any atom is 0.320 e. The molecule has 30 heavy (non-hydrogen) atoms. The molecule has 1 saturated heterocycles. The van der Waals surface area contributed by atoms with Gasteiger partial charge in [-0.1, -0.05) is 6.08 Å². The minimum Gasteiger partial charge on any atom is -0.480 e. The molecular weight excluding hydrogens is 412 g/mol. The van der Waals surface area contributed by atoms with E-state index in [0.29, 0.717) is 34.8 Å². The number of carboxylic acid groups (broad SMARTS) is 1. The van der Waals surface area contributed by atoms with Crippen LogP contribution in [0.5, 0.6) is 0 Å². The van der Waals surface area contributed by atoms with Crippen molar-refractivity contribution in [2.24, 2.45) is 5.73 Å². The van der Waals surface area contributed by atoms with Gasteiger partial charge in [-0.25, -0.2) is 15.0 Å². The van der Waals surface area contributed by atoms with Crippen LogP contribution in [0.3, 0.4) is 0 Å². The lowest BCUT2D eigenvalue weighted by Gasteiger charge is -2.17. The number of aromatic nitrogens is 4. The van der Waals surface area contributed by atoms with Gasteiger partial charge in [-0.05, 0) is 23.9 Å². The fourth-order valence-electron chi connectivity index (χ4n) is 3.27. The number of imidazole rings is 1. The topological polar surface area (TPSA) is 183 Å². The molecule has 164 valence electrons. The molecule has 7 N–H and O–H groups in total. The molecule has 0 radical (unpaired) electrons. The van der Waals surface area contributed by atoms with Crippen molar-refractivity contribution >= 4 is 33.8 Å². The molecule has 1 aliphatic rings. The molecule has 1 unspecified atom stereocenters. The lowest BCUT2D eigenvalue weighted by molar-refractivity contribution is -0.138. The van der Waals surface area contributed by atoms with Crippen LogP contribution in [-0.2, 0) is 20.4 Å². The fraction of sp³-hybridized carbons (Fsp3) is 0.556. The minimum atomic E-state index is -1.18. The Balaban J connectivity index is 1.73. The van der Waals surface area contributed by atoms with Crippen LogP contribution in [0.25, 0.3) is 11.2 Å². The molecule has 3 rings (SSSR count). The van der Waals surface area contributed by atoms with Crippen molar-refractivity contribution in [1.82, 2.24) is 19.5 Å². The number of allylic oxidation sites excluding steroid dienone is 1. The van der Waals surface area contributed by atoms with Crippen molar-refractivity contribution in [2.45, 2.75) is 43.9 Å². The molecule has 0 saturated carbocycles. The van der Waals surface area contributed by atoms with Gasteiger partial charge in [-0.2, -0.15) is 0 Å². The normalized spacial score (nSPS) is 26.4. The van der Waals surface area contributed by atoms with E-state index in [1.165, 1.54) is 17.2 Å². The average molecular weight is 440 g/mol. The molecule has 11 nitrogen and oxygen atoms in total. The predicted molar refractivity (Wildman–Crippen MR) is 113 cm³/mol. The highest BCUT2D eigenvalue weighted by molar-refractivity contribution is 7.97. The first-order valence-corrected chi connectivity index (χ1v) is 11.2. The van der Waals surface area contributed by atoms with Crippen molar-refractivity contribution in [3.8, 4) is 0 Å². The van der Waals surface area contributed by atoms with Gasteiger partial charge in [0.15, 0.2) is 17.7 Å². The van der Waals surface area contributed by atoms with E-state index < -0.39 is 36.6 Å². The summed E-state index contributed by atoms with van der Waals surface area (Å²) in [5, 5.41) is 30.2. The molecule has 1 aliphatic heterocycles. The van der Waals surface area contributed by atoms with Gasteiger partial charge in [0.2, 0.25) is 0 Å². The van der Waals surface area contributed by atoms with Crippen LogP contribution in [0, 0.1) is 0 Å². The number of rotatable bonds is 9. The number of hydrogen-bond donors (Lipinski definition) is 5. The zero-order valence-electron chi connectivity index (χ0n) is 16.5. The number of nitrogens with zero attached hydrogens (tertiary/aromatic N) is 4. The summed E-state index contributed by atoms with van der Waals surface area (Å²) >= 11 is 0. The van der Waals surface area contributed by atoms with Crippen molar-refractivity contribution in [3.05, 3.63) is 24.8 Å². The van der Waals surface area contributed by atoms with Gasteiger partial charge in [0.25, 0.3) is 0 Å². The molecule has 0 amide bonds. The maximum absolute atomic E-state index is 11.0. The summed E-state index contributed by atoms with van der Waals surface area (Å²) < 4.78 is 7.53. The fourth-order valence-corrected chi connectivity index (χ4v) is 5.53. The van der Waals surface area contributed by atoms with Crippen LogP contribution in [0.1, 0.15) is 19.6 Å². The Labute approximate surface area is 176 Å². The van der Waals surface area contributed by atoms with E-state index in [1.807, 2.05) is 19.1 Å². The van der Waals surface area contributed by atoms with E-state index in [2.05, 4.69) is 15.0 Å². The summed E-state index contributed by atoms with van der Waals surface area (Å²) in [5.41, 5.74) is 12.2. The van der Waals surface area contributed by atoms with Gasteiger partial charge in [0, 0.05) is 6.42 Å². The molecule has 12 heteroatoms. The molecule has 2 aromatic heterocycles. The highest BCUT2D eigenvalue weighted by atomic mass is 32.2. The number of hydrogen-bond acceptors (Lipinski definition) is 9. The molecule has 0 aliphatic carbocycles. The first-order chi connectivity index (χ1) is 14.3. The number of ether oxygens (including phenoxy) is 1. The summed E-state index contributed by atoms with van der Waals surface area (Å²) in [7, 11) is -0.276. The lowest BCUT2D eigenvalue weighted by Crippen LogP contribution is -2.38. The van der Waals surface area contributed by atoms with E-state index >= 15 is 0 Å². The third kappa shape index (κ3) is 4.73. The lowest BCUT2D eigenvalue weighted by atomic mass is 10.1. The van der Waals surface area contributed by atoms with Crippen molar-refractivity contribution in [1.29, 1.82) is 0 Å². The van der Waals surface area contributed by atoms with Crippen LogP contribution in [0.2, 0.25) is 0 Å². The largest absolute Gasteiger partial charge is 0.480 e. The Kier molecular flexibility index (Phi) is 7.26. The van der Waals surface area contributed by atoms with Gasteiger partial charge in [-0.15, -0.1) is 0 Å². The van der Waals surface area contributed by atoms with Gasteiger partial charge in [0.05, 0.1) is 6.33 Å². The number of carbonyl (C=O) groups is 1. The van der Waals surface area contributed by atoms with Crippen LogP contribution in [0.4, 0.5) is 5.82 Å². The zero-order valence-corrected chi connectivity index (χ0v) is 17.4. The first kappa shape index (κ1) is 22.4. The summed E-state index contributed by atoms with van der Waals surface area (Å²) in [6, 6.07) is -0.930. The molecular formula is C18H27N6O5S+. The van der Waals surface area contributed by atoms with Crippen molar-refractivity contribution in [3.63, 3.8) is 0 Å². The Hall–Kier alpha value is -2.25. The Morgan fingerprint density at radius 3 is 2.83 bits per heavy atom. The van der Waals surface area contributed by atoms with E-state index in [0.717, 1.165) is 0 Å². The third-order valence-corrected chi connectivity index (χ3v) is 7.28. The van der Waals surface area contributed by atoms with Crippen molar-refractivity contribution in [2.75, 3.05) is 23.0 Å². The number of aliphatic hydroxyl groups excluding tert-OH is 2. The van der Waals surface area contributed by atoms with Crippen LogP contribution in [-0.4, -0.2) is 82.4 Å². The molecule has 6 atom stereocenters. The summed E-state index contributed by atoms with van der Waals surface area (Å²) in [4.78, 5) is 23.2. The maximum atomic E-state index is 11.0. The molecule has 1 fully saturated rings. The number of carboxylic acids is 1. The van der Waals surface area contributed by atoms with Gasteiger partial charge in [-0.3, -0.25) is 9.36 Å². The second-order valence-corrected chi connectivity index (χ2v) is 9.38. The quantitative estimate of drug-likeness (QED) is 0.240. The summed E-state index contributed by atoms with van der Waals surface area (Å²) in [6.07, 6.45) is 3.19.